The van der Waals surface area contributed by atoms with Crippen LogP contribution in [0.2, 0.25) is 0 Å². The Morgan fingerprint density at radius 2 is 2.31 bits per heavy atom. The Morgan fingerprint density at radius 3 is 2.75 bits per heavy atom. The van der Waals surface area contributed by atoms with Gasteiger partial charge < -0.3 is 9.64 Å². The lowest BCUT2D eigenvalue weighted by atomic mass is 10.0. The monoisotopic (exact) mass is 299 g/mol. The van der Waals surface area contributed by atoms with Crippen LogP contribution in [0.3, 0.4) is 0 Å². The smallest absolute Gasteiger partial charge is 0.255 e. The number of hydrogen-bond donors (Lipinski definition) is 0. The molecule has 0 aromatic heterocycles. The lowest BCUT2D eigenvalue weighted by Gasteiger charge is -2.23. The Labute approximate surface area is 102 Å². The molecule has 0 N–H and O–H groups in total. The highest BCUT2D eigenvalue weighted by molar-refractivity contribution is 9.09. The number of amides is 1. The van der Waals surface area contributed by atoms with Gasteiger partial charge in [-0.15, -0.1) is 0 Å². The minimum Gasteiger partial charge on any atom is -0.378 e. The van der Waals surface area contributed by atoms with Crippen LogP contribution in [0.25, 0.3) is 0 Å². The van der Waals surface area contributed by atoms with Crippen molar-refractivity contribution in [1.29, 1.82) is 0 Å². The number of hydrogen-bond acceptors (Lipinski definition) is 2. The van der Waals surface area contributed by atoms with Crippen molar-refractivity contribution in [3.63, 3.8) is 0 Å². The van der Waals surface area contributed by atoms with Gasteiger partial charge >= 0.3 is 0 Å². The van der Waals surface area contributed by atoms with Gasteiger partial charge in [-0.2, -0.15) is 0 Å². The number of nitrogens with zero attached hydrogens (tertiary/aromatic N) is 1. The average Bonchev–Trinajstić information content (AvgIpc) is 2.62. The van der Waals surface area contributed by atoms with Crippen LogP contribution >= 0.6 is 15.9 Å². The molecule has 0 saturated carbocycles. The first-order chi connectivity index (χ1) is 7.54. The van der Waals surface area contributed by atoms with Crippen LogP contribution in [0.5, 0.6) is 0 Å². The third-order valence-electron chi connectivity index (χ3n) is 2.57. The molecule has 0 aromatic rings. The van der Waals surface area contributed by atoms with Gasteiger partial charge in [-0.3, -0.25) is 4.79 Å². The molecule has 6 heteroatoms. The fourth-order valence-electron chi connectivity index (χ4n) is 1.81. The van der Waals surface area contributed by atoms with E-state index in [1.54, 1.807) is 0 Å². The van der Waals surface area contributed by atoms with Gasteiger partial charge in [0, 0.05) is 11.9 Å². The van der Waals surface area contributed by atoms with Crippen molar-refractivity contribution in [2.45, 2.75) is 25.9 Å². The largest absolute Gasteiger partial charge is 0.378 e. The van der Waals surface area contributed by atoms with Crippen molar-refractivity contribution in [3.05, 3.63) is 0 Å². The van der Waals surface area contributed by atoms with E-state index in [1.165, 1.54) is 4.90 Å². The zero-order chi connectivity index (χ0) is 12.1. The summed E-state index contributed by atoms with van der Waals surface area (Å²) in [5, 5.41) is 0.509. The molecule has 0 bridgehead atoms. The summed E-state index contributed by atoms with van der Waals surface area (Å²) in [4.78, 5) is 13.1. The topological polar surface area (TPSA) is 29.5 Å². The van der Waals surface area contributed by atoms with Crippen LogP contribution in [0.15, 0.2) is 0 Å². The quantitative estimate of drug-likeness (QED) is 0.726. The molecule has 0 aliphatic carbocycles. The molecule has 1 heterocycles. The van der Waals surface area contributed by atoms with Crippen molar-refractivity contribution in [1.82, 2.24) is 4.90 Å². The van der Waals surface area contributed by atoms with E-state index >= 15 is 0 Å². The highest BCUT2D eigenvalue weighted by atomic mass is 79.9. The molecule has 2 unspecified atom stereocenters. The van der Waals surface area contributed by atoms with Gasteiger partial charge in [0.15, 0.2) is 0 Å². The zero-order valence-corrected chi connectivity index (χ0v) is 10.8. The van der Waals surface area contributed by atoms with E-state index < -0.39 is 13.0 Å². The second kappa shape index (κ2) is 6.49. The summed E-state index contributed by atoms with van der Waals surface area (Å²) in [6, 6.07) is 0. The predicted octanol–water partition coefficient (Wildman–Crippen LogP) is 1.90. The molecule has 16 heavy (non-hydrogen) atoms. The number of rotatable bonds is 5. The number of carbonyl (C=O) groups is 1. The lowest BCUT2D eigenvalue weighted by Crippen LogP contribution is -2.40. The molecule has 2 atom stereocenters. The molecule has 3 nitrogen and oxygen atoms in total. The SMILES string of the molecule is CC1CC(C(=O)N(CCBr)CC(F)F)CO1. The second-order valence-electron chi connectivity index (χ2n) is 3.94. The summed E-state index contributed by atoms with van der Waals surface area (Å²) in [6.45, 7) is 2.06. The van der Waals surface area contributed by atoms with Crippen molar-refractivity contribution in [2.24, 2.45) is 5.92 Å². The van der Waals surface area contributed by atoms with Crippen LogP contribution in [0, 0.1) is 5.92 Å². The Kier molecular flexibility index (Phi) is 5.61. The Bertz CT molecular complexity index is 241. The summed E-state index contributed by atoms with van der Waals surface area (Å²) in [6.07, 6.45) is -1.81. The van der Waals surface area contributed by atoms with E-state index in [4.69, 9.17) is 4.74 Å². The average molecular weight is 300 g/mol. The Morgan fingerprint density at radius 1 is 1.62 bits per heavy atom. The van der Waals surface area contributed by atoms with E-state index in [0.717, 1.165) is 0 Å². The third kappa shape index (κ3) is 3.97. The van der Waals surface area contributed by atoms with Gasteiger partial charge in [0.25, 0.3) is 6.43 Å². The zero-order valence-electron chi connectivity index (χ0n) is 9.17. The van der Waals surface area contributed by atoms with Crippen LogP contribution in [-0.4, -0.2) is 48.4 Å². The first-order valence-corrected chi connectivity index (χ1v) is 6.41. The normalized spacial score (nSPS) is 25.1. The van der Waals surface area contributed by atoms with Crippen LogP contribution in [-0.2, 0) is 9.53 Å². The Balaban J connectivity index is 2.52. The van der Waals surface area contributed by atoms with E-state index in [9.17, 15) is 13.6 Å². The van der Waals surface area contributed by atoms with Crippen molar-refractivity contribution in [3.8, 4) is 0 Å². The molecule has 1 aliphatic rings. The van der Waals surface area contributed by atoms with Gasteiger partial charge in [0.1, 0.15) is 0 Å². The van der Waals surface area contributed by atoms with Crippen molar-refractivity contribution >= 4 is 21.8 Å². The first-order valence-electron chi connectivity index (χ1n) is 5.29. The minimum absolute atomic E-state index is 0.0475. The van der Waals surface area contributed by atoms with Gasteiger partial charge in [-0.25, -0.2) is 8.78 Å². The molecule has 1 rings (SSSR count). The van der Waals surface area contributed by atoms with E-state index in [-0.39, 0.29) is 17.9 Å². The minimum atomic E-state index is -2.48. The lowest BCUT2D eigenvalue weighted by molar-refractivity contribution is -0.137. The summed E-state index contributed by atoms with van der Waals surface area (Å²) in [7, 11) is 0. The molecule has 0 radical (unpaired) electrons. The maximum absolute atomic E-state index is 12.3. The maximum Gasteiger partial charge on any atom is 0.255 e. The highest BCUT2D eigenvalue weighted by Gasteiger charge is 2.32. The molecular weight excluding hydrogens is 284 g/mol. The predicted molar refractivity (Wildman–Crippen MR) is 59.9 cm³/mol. The van der Waals surface area contributed by atoms with Crippen molar-refractivity contribution < 1.29 is 18.3 Å². The first kappa shape index (κ1) is 13.8. The standard InChI is InChI=1S/C10H16BrF2NO2/c1-7-4-8(6-16-7)10(15)14(3-2-11)5-9(12)13/h7-9H,2-6H2,1H3. The van der Waals surface area contributed by atoms with Gasteiger partial charge in [0.2, 0.25) is 5.91 Å². The van der Waals surface area contributed by atoms with E-state index in [2.05, 4.69) is 15.9 Å². The molecule has 1 aliphatic heterocycles. The molecule has 1 fully saturated rings. The van der Waals surface area contributed by atoms with Crippen molar-refractivity contribution in [2.75, 3.05) is 25.0 Å². The summed E-state index contributed by atoms with van der Waals surface area (Å²) in [5.41, 5.74) is 0. The van der Waals surface area contributed by atoms with E-state index in [0.29, 0.717) is 24.9 Å². The molecule has 1 amide bonds. The van der Waals surface area contributed by atoms with Crippen LogP contribution in [0.4, 0.5) is 8.78 Å². The fraction of sp³-hybridized carbons (Fsp3) is 0.900. The second-order valence-corrected chi connectivity index (χ2v) is 4.73. The number of alkyl halides is 3. The molecule has 94 valence electrons. The third-order valence-corrected chi connectivity index (χ3v) is 2.93. The molecule has 0 spiro atoms. The number of ether oxygens (including phenoxy) is 1. The molecule has 0 aromatic carbocycles. The van der Waals surface area contributed by atoms with Gasteiger partial charge in [-0.05, 0) is 13.3 Å². The fourth-order valence-corrected chi connectivity index (χ4v) is 2.24. The summed E-state index contributed by atoms with van der Waals surface area (Å²) < 4.78 is 29.9. The highest BCUT2D eigenvalue weighted by Crippen LogP contribution is 2.21. The number of carbonyl (C=O) groups excluding carboxylic acids is 1. The van der Waals surface area contributed by atoms with Crippen LogP contribution in [0.1, 0.15) is 13.3 Å². The van der Waals surface area contributed by atoms with Crippen LogP contribution < -0.4 is 0 Å². The van der Waals surface area contributed by atoms with Gasteiger partial charge in [0.05, 0.1) is 25.2 Å². The number of halogens is 3. The summed E-state index contributed by atoms with van der Waals surface area (Å²) >= 11 is 3.16. The molecule has 1 saturated heterocycles. The maximum atomic E-state index is 12.3. The summed E-state index contributed by atoms with van der Waals surface area (Å²) in [5.74, 6) is -0.475. The van der Waals surface area contributed by atoms with E-state index in [1.807, 2.05) is 6.92 Å². The Hall–Kier alpha value is -0.230. The van der Waals surface area contributed by atoms with Gasteiger partial charge in [-0.1, -0.05) is 15.9 Å². The molecular formula is C10H16BrF2NO2.